The van der Waals surface area contributed by atoms with Crippen molar-refractivity contribution in [1.29, 1.82) is 0 Å². The van der Waals surface area contributed by atoms with Gasteiger partial charge in [0, 0.05) is 0 Å². The van der Waals surface area contributed by atoms with Gasteiger partial charge in [-0.05, 0) is 41.7 Å². The van der Waals surface area contributed by atoms with Crippen LogP contribution in [0.25, 0.3) is 0 Å². The normalized spacial score (nSPS) is 11.3. The van der Waals surface area contributed by atoms with Crippen LogP contribution < -0.4 is 14.4 Å². The van der Waals surface area contributed by atoms with Gasteiger partial charge >= 0.3 is 0 Å². The molecular formula is C22H30N2O4S. The quantitative estimate of drug-likeness (QED) is 0.601. The predicted octanol–water partition coefficient (Wildman–Crippen LogP) is 3.33. The van der Waals surface area contributed by atoms with E-state index in [1.54, 1.807) is 12.1 Å². The lowest BCUT2D eigenvalue weighted by molar-refractivity contribution is -0.119. The Morgan fingerprint density at radius 3 is 2.34 bits per heavy atom. The minimum Gasteiger partial charge on any atom is -0.491 e. The summed E-state index contributed by atoms with van der Waals surface area (Å²) in [7, 11) is -3.58. The van der Waals surface area contributed by atoms with Gasteiger partial charge in [0.1, 0.15) is 18.9 Å². The van der Waals surface area contributed by atoms with Crippen LogP contribution in [0.4, 0.5) is 5.69 Å². The largest absolute Gasteiger partial charge is 0.491 e. The zero-order valence-electron chi connectivity index (χ0n) is 17.5. The molecule has 0 aliphatic heterocycles. The fraction of sp³-hybridized carbons (Fsp3) is 0.409. The molecule has 0 heterocycles. The Balaban J connectivity index is 1.92. The Labute approximate surface area is 173 Å². The maximum absolute atomic E-state index is 12.3. The van der Waals surface area contributed by atoms with E-state index in [0.717, 1.165) is 33.9 Å². The lowest BCUT2D eigenvalue weighted by Gasteiger charge is -2.22. The number of amides is 1. The van der Waals surface area contributed by atoms with E-state index >= 15 is 0 Å². The molecule has 0 bridgehead atoms. The number of ether oxygens (including phenoxy) is 1. The summed E-state index contributed by atoms with van der Waals surface area (Å²) in [6, 6.07) is 15.0. The monoisotopic (exact) mass is 418 g/mol. The van der Waals surface area contributed by atoms with E-state index in [-0.39, 0.29) is 19.0 Å². The molecule has 0 saturated heterocycles. The third-order valence-electron chi connectivity index (χ3n) is 4.54. The van der Waals surface area contributed by atoms with Crippen molar-refractivity contribution in [3.63, 3.8) is 0 Å². The number of aryl methyl sites for hydroxylation is 1. The number of nitrogens with one attached hydrogen (secondary N) is 1. The average molecular weight is 419 g/mol. The van der Waals surface area contributed by atoms with Crippen LogP contribution in [0.5, 0.6) is 5.75 Å². The molecule has 2 rings (SSSR count). The Bertz CT molecular complexity index is 909. The van der Waals surface area contributed by atoms with Gasteiger partial charge in [0.2, 0.25) is 15.9 Å². The maximum Gasteiger partial charge on any atom is 0.240 e. The van der Waals surface area contributed by atoms with Crippen LogP contribution in [-0.4, -0.2) is 40.3 Å². The molecule has 6 nitrogen and oxygen atoms in total. The summed E-state index contributed by atoms with van der Waals surface area (Å²) in [5.74, 6) is 0.754. The standard InChI is InChI=1S/C22H30N2O4S/c1-5-18-10-12-19(13-11-18)24(29(4,26)27)16-22(25)23-14-15-28-21-9-7-6-8-20(21)17(2)3/h6-13,17H,5,14-16H2,1-4H3,(H,23,25). The average Bonchev–Trinajstić information content (AvgIpc) is 2.69. The van der Waals surface area contributed by atoms with Crippen LogP contribution in [0.3, 0.4) is 0 Å². The van der Waals surface area contributed by atoms with Crippen molar-refractivity contribution in [3.05, 3.63) is 59.7 Å². The van der Waals surface area contributed by atoms with E-state index in [2.05, 4.69) is 19.2 Å². The predicted molar refractivity (Wildman–Crippen MR) is 117 cm³/mol. The summed E-state index contributed by atoms with van der Waals surface area (Å²) in [5.41, 5.74) is 2.69. The summed E-state index contributed by atoms with van der Waals surface area (Å²) in [5, 5.41) is 2.73. The number of anilines is 1. The molecule has 0 fully saturated rings. The Morgan fingerprint density at radius 2 is 1.76 bits per heavy atom. The van der Waals surface area contributed by atoms with Gasteiger partial charge in [-0.15, -0.1) is 0 Å². The summed E-state index contributed by atoms with van der Waals surface area (Å²) in [4.78, 5) is 12.3. The molecule has 1 amide bonds. The molecule has 2 aromatic carbocycles. The minimum atomic E-state index is -3.58. The molecule has 7 heteroatoms. The molecule has 0 saturated carbocycles. The highest BCUT2D eigenvalue weighted by molar-refractivity contribution is 7.92. The van der Waals surface area contributed by atoms with E-state index in [9.17, 15) is 13.2 Å². The smallest absolute Gasteiger partial charge is 0.240 e. The van der Waals surface area contributed by atoms with E-state index in [1.807, 2.05) is 43.3 Å². The number of hydrogen-bond acceptors (Lipinski definition) is 4. The Kier molecular flexibility index (Phi) is 8.08. The molecule has 1 N–H and O–H groups in total. The van der Waals surface area contributed by atoms with Crippen molar-refractivity contribution in [2.75, 3.05) is 30.3 Å². The molecule has 0 aliphatic rings. The highest BCUT2D eigenvalue weighted by atomic mass is 32.2. The number of rotatable bonds is 10. The highest BCUT2D eigenvalue weighted by Crippen LogP contribution is 2.25. The van der Waals surface area contributed by atoms with Crippen LogP contribution in [0.15, 0.2) is 48.5 Å². The van der Waals surface area contributed by atoms with Gasteiger partial charge < -0.3 is 10.1 Å². The number of carbonyl (C=O) groups is 1. The van der Waals surface area contributed by atoms with Crippen LogP contribution in [-0.2, 0) is 21.2 Å². The molecule has 0 aliphatic carbocycles. The van der Waals surface area contributed by atoms with Gasteiger partial charge in [-0.2, -0.15) is 0 Å². The van der Waals surface area contributed by atoms with Crippen molar-refractivity contribution in [3.8, 4) is 5.75 Å². The number of benzene rings is 2. The van der Waals surface area contributed by atoms with Crippen LogP contribution in [0.2, 0.25) is 0 Å². The number of carbonyl (C=O) groups excluding carboxylic acids is 1. The minimum absolute atomic E-state index is 0.271. The van der Waals surface area contributed by atoms with E-state index in [0.29, 0.717) is 18.2 Å². The first-order chi connectivity index (χ1) is 13.7. The van der Waals surface area contributed by atoms with Crippen molar-refractivity contribution in [2.45, 2.75) is 33.1 Å². The molecule has 0 unspecified atom stereocenters. The van der Waals surface area contributed by atoms with Gasteiger partial charge in [0.15, 0.2) is 0 Å². The van der Waals surface area contributed by atoms with Crippen molar-refractivity contribution < 1.29 is 17.9 Å². The zero-order valence-corrected chi connectivity index (χ0v) is 18.3. The Morgan fingerprint density at radius 1 is 1.10 bits per heavy atom. The molecule has 158 valence electrons. The SMILES string of the molecule is CCc1ccc(N(CC(=O)NCCOc2ccccc2C(C)C)S(C)(=O)=O)cc1. The van der Waals surface area contributed by atoms with Gasteiger partial charge in [0.25, 0.3) is 0 Å². The molecule has 29 heavy (non-hydrogen) atoms. The van der Waals surface area contributed by atoms with Gasteiger partial charge in [-0.25, -0.2) is 8.42 Å². The molecule has 0 atom stereocenters. The fourth-order valence-electron chi connectivity index (χ4n) is 2.92. The van der Waals surface area contributed by atoms with Crippen molar-refractivity contribution in [1.82, 2.24) is 5.32 Å². The summed E-state index contributed by atoms with van der Waals surface area (Å²) in [6.07, 6.45) is 1.96. The molecule has 2 aromatic rings. The Hall–Kier alpha value is -2.54. The zero-order chi connectivity index (χ0) is 21.4. The number of sulfonamides is 1. The fourth-order valence-corrected chi connectivity index (χ4v) is 3.78. The van der Waals surface area contributed by atoms with E-state index in [1.165, 1.54) is 0 Å². The topological polar surface area (TPSA) is 75.7 Å². The summed E-state index contributed by atoms with van der Waals surface area (Å²) >= 11 is 0. The van der Waals surface area contributed by atoms with Crippen LogP contribution >= 0.6 is 0 Å². The molecule has 0 aromatic heterocycles. The maximum atomic E-state index is 12.3. The lowest BCUT2D eigenvalue weighted by atomic mass is 10.0. The van der Waals surface area contributed by atoms with Crippen LogP contribution in [0.1, 0.15) is 37.8 Å². The van der Waals surface area contributed by atoms with E-state index < -0.39 is 10.0 Å². The highest BCUT2D eigenvalue weighted by Gasteiger charge is 2.20. The van der Waals surface area contributed by atoms with Gasteiger partial charge in [-0.1, -0.05) is 51.1 Å². The third kappa shape index (κ3) is 6.78. The molecule has 0 spiro atoms. The second-order valence-corrected chi connectivity index (χ2v) is 9.09. The number of hydrogen-bond donors (Lipinski definition) is 1. The molecular weight excluding hydrogens is 388 g/mol. The van der Waals surface area contributed by atoms with Gasteiger partial charge in [-0.3, -0.25) is 9.10 Å². The van der Waals surface area contributed by atoms with Gasteiger partial charge in [0.05, 0.1) is 18.5 Å². The van der Waals surface area contributed by atoms with E-state index in [4.69, 9.17) is 4.74 Å². The van der Waals surface area contributed by atoms with Crippen molar-refractivity contribution in [2.24, 2.45) is 0 Å². The second kappa shape index (κ2) is 10.3. The first-order valence-corrected chi connectivity index (χ1v) is 11.6. The third-order valence-corrected chi connectivity index (χ3v) is 5.68. The first-order valence-electron chi connectivity index (χ1n) is 9.77. The molecule has 0 radical (unpaired) electrons. The second-order valence-electron chi connectivity index (χ2n) is 7.18. The van der Waals surface area contributed by atoms with Crippen LogP contribution in [0, 0.1) is 0 Å². The number of para-hydroxylation sites is 1. The summed E-state index contributed by atoms with van der Waals surface area (Å²) < 4.78 is 31.2. The summed E-state index contributed by atoms with van der Waals surface area (Å²) in [6.45, 7) is 6.54. The number of nitrogens with zero attached hydrogens (tertiary/aromatic N) is 1. The van der Waals surface area contributed by atoms with Crippen molar-refractivity contribution >= 4 is 21.6 Å². The lowest BCUT2D eigenvalue weighted by Crippen LogP contribution is -2.41. The first kappa shape index (κ1) is 22.7.